The SMILES string of the molecule is CC1(C)CC(O)(C=CSc2ccccc2)CCS1. The molecule has 1 atom stereocenters. The summed E-state index contributed by atoms with van der Waals surface area (Å²) in [6.45, 7) is 4.42. The number of aliphatic hydroxyl groups is 1. The van der Waals surface area contributed by atoms with Gasteiger partial charge in [-0.2, -0.15) is 11.8 Å². The first-order chi connectivity index (χ1) is 8.49. The molecule has 0 bridgehead atoms. The molecule has 1 aromatic rings. The van der Waals surface area contributed by atoms with E-state index < -0.39 is 5.60 Å². The summed E-state index contributed by atoms with van der Waals surface area (Å²) in [5.41, 5.74) is -0.628. The first-order valence-electron chi connectivity index (χ1n) is 6.25. The predicted octanol–water partition coefficient (Wildman–Crippen LogP) is 4.33. The van der Waals surface area contributed by atoms with Gasteiger partial charge in [-0.3, -0.25) is 0 Å². The van der Waals surface area contributed by atoms with Gasteiger partial charge in [0.15, 0.2) is 0 Å². The lowest BCUT2D eigenvalue weighted by atomic mass is 9.89. The second-order valence-electron chi connectivity index (χ2n) is 5.37. The standard InChI is InChI=1S/C15H20OS2/c1-14(2)12-15(16,9-11-18-14)8-10-17-13-6-4-3-5-7-13/h3-8,10,16H,9,11-12H2,1-2H3. The molecule has 1 saturated heterocycles. The molecule has 1 nitrogen and oxygen atoms in total. The second kappa shape index (κ2) is 5.72. The first-order valence-corrected chi connectivity index (χ1v) is 8.11. The maximum absolute atomic E-state index is 10.6. The van der Waals surface area contributed by atoms with Crippen LogP contribution in [-0.2, 0) is 0 Å². The maximum atomic E-state index is 10.6. The molecule has 0 aliphatic carbocycles. The number of rotatable bonds is 3. The lowest BCUT2D eigenvalue weighted by Crippen LogP contribution is -2.39. The molecule has 1 unspecified atom stereocenters. The normalized spacial score (nSPS) is 27.5. The summed E-state index contributed by atoms with van der Waals surface area (Å²) in [6.07, 6.45) is 3.66. The van der Waals surface area contributed by atoms with Gasteiger partial charge in [0, 0.05) is 9.64 Å². The van der Waals surface area contributed by atoms with E-state index in [2.05, 4.69) is 26.0 Å². The van der Waals surface area contributed by atoms with Crippen molar-refractivity contribution >= 4 is 23.5 Å². The third-order valence-corrected chi connectivity index (χ3v) is 5.24. The minimum absolute atomic E-state index is 0.175. The highest BCUT2D eigenvalue weighted by molar-refractivity contribution is 8.02. The zero-order valence-electron chi connectivity index (χ0n) is 10.9. The molecule has 1 aliphatic rings. The third kappa shape index (κ3) is 4.08. The van der Waals surface area contributed by atoms with Crippen LogP contribution in [-0.4, -0.2) is 21.2 Å². The monoisotopic (exact) mass is 280 g/mol. The van der Waals surface area contributed by atoms with Crippen molar-refractivity contribution in [3.63, 3.8) is 0 Å². The molecule has 0 spiro atoms. The van der Waals surface area contributed by atoms with Crippen LogP contribution in [0.15, 0.2) is 46.7 Å². The molecule has 2 rings (SSSR count). The van der Waals surface area contributed by atoms with Crippen molar-refractivity contribution in [2.45, 2.75) is 41.9 Å². The lowest BCUT2D eigenvalue weighted by molar-refractivity contribution is 0.0661. The Hall–Kier alpha value is -0.380. The summed E-state index contributed by atoms with van der Waals surface area (Å²) < 4.78 is 0.175. The number of hydrogen-bond acceptors (Lipinski definition) is 3. The van der Waals surface area contributed by atoms with Gasteiger partial charge in [-0.15, -0.1) is 0 Å². The van der Waals surface area contributed by atoms with Crippen molar-refractivity contribution in [3.05, 3.63) is 41.8 Å². The van der Waals surface area contributed by atoms with Crippen molar-refractivity contribution in [3.8, 4) is 0 Å². The van der Waals surface area contributed by atoms with E-state index in [1.54, 1.807) is 11.8 Å². The molecule has 98 valence electrons. The number of benzene rings is 1. The summed E-state index contributed by atoms with van der Waals surface area (Å²) in [6, 6.07) is 10.2. The number of hydrogen-bond donors (Lipinski definition) is 1. The molecule has 1 heterocycles. The topological polar surface area (TPSA) is 20.2 Å². The first kappa shape index (κ1) is 14.0. The van der Waals surface area contributed by atoms with Crippen molar-refractivity contribution < 1.29 is 5.11 Å². The number of thioether (sulfide) groups is 2. The molecule has 0 saturated carbocycles. The average molecular weight is 280 g/mol. The summed E-state index contributed by atoms with van der Waals surface area (Å²) in [5.74, 6) is 1.03. The Morgan fingerprint density at radius 3 is 2.67 bits per heavy atom. The Balaban J connectivity index is 1.96. The van der Waals surface area contributed by atoms with Gasteiger partial charge in [-0.1, -0.05) is 43.8 Å². The highest BCUT2D eigenvalue weighted by atomic mass is 32.2. The van der Waals surface area contributed by atoms with Gasteiger partial charge in [0.05, 0.1) is 5.60 Å². The van der Waals surface area contributed by atoms with Crippen molar-refractivity contribution in [1.82, 2.24) is 0 Å². The van der Waals surface area contributed by atoms with E-state index in [4.69, 9.17) is 0 Å². The molecule has 1 N–H and O–H groups in total. The van der Waals surface area contributed by atoms with Crippen LogP contribution < -0.4 is 0 Å². The predicted molar refractivity (Wildman–Crippen MR) is 82.2 cm³/mol. The van der Waals surface area contributed by atoms with Gasteiger partial charge in [0.2, 0.25) is 0 Å². The Labute approximate surface area is 118 Å². The van der Waals surface area contributed by atoms with E-state index in [1.807, 2.05) is 41.4 Å². The van der Waals surface area contributed by atoms with Crippen molar-refractivity contribution in [2.24, 2.45) is 0 Å². The Morgan fingerprint density at radius 2 is 2.00 bits per heavy atom. The summed E-state index contributed by atoms with van der Waals surface area (Å²) in [4.78, 5) is 1.21. The summed E-state index contributed by atoms with van der Waals surface area (Å²) >= 11 is 3.62. The van der Waals surface area contributed by atoms with Crippen LogP contribution in [0, 0.1) is 0 Å². The molecular formula is C15H20OS2. The fourth-order valence-corrected chi connectivity index (χ4v) is 4.41. The Bertz CT molecular complexity index is 414. The molecule has 0 aromatic heterocycles. The summed E-state index contributed by atoms with van der Waals surface area (Å²) in [7, 11) is 0. The molecule has 0 amide bonds. The van der Waals surface area contributed by atoms with Gasteiger partial charge in [0.25, 0.3) is 0 Å². The zero-order chi connectivity index (χ0) is 13.1. The zero-order valence-corrected chi connectivity index (χ0v) is 12.6. The fourth-order valence-electron chi connectivity index (χ4n) is 2.26. The molecule has 1 fully saturated rings. The maximum Gasteiger partial charge on any atom is 0.0856 e. The van der Waals surface area contributed by atoms with Crippen LogP contribution in [0.1, 0.15) is 26.7 Å². The van der Waals surface area contributed by atoms with Crippen LogP contribution in [0.25, 0.3) is 0 Å². The van der Waals surface area contributed by atoms with Crippen LogP contribution in [0.4, 0.5) is 0 Å². The van der Waals surface area contributed by atoms with E-state index >= 15 is 0 Å². The average Bonchev–Trinajstić information content (AvgIpc) is 2.28. The Morgan fingerprint density at radius 1 is 1.28 bits per heavy atom. The fraction of sp³-hybridized carbons (Fsp3) is 0.467. The molecule has 3 heteroatoms. The minimum Gasteiger partial charge on any atom is -0.386 e. The van der Waals surface area contributed by atoms with Crippen LogP contribution >= 0.6 is 23.5 Å². The molecule has 1 aromatic carbocycles. The molecule has 0 radical (unpaired) electrons. The second-order valence-corrected chi connectivity index (χ2v) is 8.15. The smallest absolute Gasteiger partial charge is 0.0856 e. The van der Waals surface area contributed by atoms with E-state index in [0.29, 0.717) is 0 Å². The quantitative estimate of drug-likeness (QED) is 0.832. The van der Waals surface area contributed by atoms with Gasteiger partial charge >= 0.3 is 0 Å². The van der Waals surface area contributed by atoms with Crippen LogP contribution in [0.3, 0.4) is 0 Å². The van der Waals surface area contributed by atoms with Crippen LogP contribution in [0.5, 0.6) is 0 Å². The van der Waals surface area contributed by atoms with Crippen LogP contribution in [0.2, 0.25) is 0 Å². The molecular weight excluding hydrogens is 260 g/mol. The lowest BCUT2D eigenvalue weighted by Gasteiger charge is -2.39. The highest BCUT2D eigenvalue weighted by Crippen LogP contribution is 2.41. The van der Waals surface area contributed by atoms with Gasteiger partial charge in [0.1, 0.15) is 0 Å². The van der Waals surface area contributed by atoms with Gasteiger partial charge < -0.3 is 5.11 Å². The largest absolute Gasteiger partial charge is 0.386 e. The minimum atomic E-state index is -0.628. The Kier molecular flexibility index (Phi) is 4.46. The van der Waals surface area contributed by atoms with Gasteiger partial charge in [-0.05, 0) is 42.2 Å². The van der Waals surface area contributed by atoms with E-state index in [0.717, 1.165) is 18.6 Å². The third-order valence-electron chi connectivity index (χ3n) is 3.09. The van der Waals surface area contributed by atoms with Gasteiger partial charge in [-0.25, -0.2) is 0 Å². The van der Waals surface area contributed by atoms with E-state index in [1.165, 1.54) is 4.90 Å². The van der Waals surface area contributed by atoms with Crippen molar-refractivity contribution in [1.29, 1.82) is 0 Å². The summed E-state index contributed by atoms with van der Waals surface area (Å²) in [5, 5.41) is 12.6. The molecule has 1 aliphatic heterocycles. The van der Waals surface area contributed by atoms with Crippen molar-refractivity contribution in [2.75, 3.05) is 5.75 Å². The highest BCUT2D eigenvalue weighted by Gasteiger charge is 2.36. The molecule has 18 heavy (non-hydrogen) atoms. The van der Waals surface area contributed by atoms with E-state index in [-0.39, 0.29) is 4.75 Å². The van der Waals surface area contributed by atoms with E-state index in [9.17, 15) is 5.11 Å².